The van der Waals surface area contributed by atoms with Crippen LogP contribution in [0.3, 0.4) is 0 Å². The van der Waals surface area contributed by atoms with Crippen molar-refractivity contribution in [3.05, 3.63) is 39.3 Å². The van der Waals surface area contributed by atoms with E-state index in [1.54, 1.807) is 11.3 Å². The lowest BCUT2D eigenvalue weighted by molar-refractivity contribution is 0.552. The zero-order valence-corrected chi connectivity index (χ0v) is 12.3. The van der Waals surface area contributed by atoms with Gasteiger partial charge in [-0.1, -0.05) is 25.4 Å². The lowest BCUT2D eigenvalue weighted by Gasteiger charge is -2.05. The van der Waals surface area contributed by atoms with Crippen LogP contribution in [0.5, 0.6) is 0 Å². The lowest BCUT2D eigenvalue weighted by atomic mass is 10.2. The molecule has 18 heavy (non-hydrogen) atoms. The molecule has 0 amide bonds. The van der Waals surface area contributed by atoms with Crippen molar-refractivity contribution in [3.8, 4) is 0 Å². The Morgan fingerprint density at radius 2 is 2.28 bits per heavy atom. The Labute approximate surface area is 117 Å². The maximum Gasteiger partial charge on any atom is 0.0931 e. The van der Waals surface area contributed by atoms with Gasteiger partial charge in [-0.2, -0.15) is 5.10 Å². The molecule has 0 radical (unpaired) electrons. The molecular formula is C13H18ClN3S. The standard InChI is InChI=1S/C13H18ClN3S/c1-10(2)5-15-6-11-7-16-17(8-11)9-12-3-4-13(14)18-12/h3-4,7-8,10,15H,5-6,9H2,1-2H3. The first-order valence-corrected chi connectivity index (χ1v) is 7.29. The second kappa shape index (κ2) is 6.36. The van der Waals surface area contributed by atoms with Crippen molar-refractivity contribution < 1.29 is 0 Å². The highest BCUT2D eigenvalue weighted by molar-refractivity contribution is 7.16. The highest BCUT2D eigenvalue weighted by Crippen LogP contribution is 2.21. The Bertz CT molecular complexity index is 490. The molecule has 0 aromatic carbocycles. The Morgan fingerprint density at radius 3 is 2.94 bits per heavy atom. The van der Waals surface area contributed by atoms with E-state index in [2.05, 4.69) is 30.5 Å². The van der Waals surface area contributed by atoms with E-state index in [1.807, 2.05) is 23.0 Å². The van der Waals surface area contributed by atoms with Crippen molar-refractivity contribution in [2.45, 2.75) is 26.9 Å². The first kappa shape index (κ1) is 13.6. The highest BCUT2D eigenvalue weighted by atomic mass is 35.5. The summed E-state index contributed by atoms with van der Waals surface area (Å²) in [5, 5.41) is 7.77. The third kappa shape index (κ3) is 4.12. The SMILES string of the molecule is CC(C)CNCc1cnn(Cc2ccc(Cl)s2)c1. The smallest absolute Gasteiger partial charge is 0.0931 e. The highest BCUT2D eigenvalue weighted by Gasteiger charge is 2.02. The zero-order chi connectivity index (χ0) is 13.0. The summed E-state index contributed by atoms with van der Waals surface area (Å²) in [6, 6.07) is 3.97. The first-order chi connectivity index (χ1) is 8.63. The minimum atomic E-state index is 0.674. The van der Waals surface area contributed by atoms with Crippen LogP contribution < -0.4 is 5.32 Å². The Balaban J connectivity index is 1.86. The van der Waals surface area contributed by atoms with Crippen LogP contribution in [-0.2, 0) is 13.1 Å². The Kier molecular flexibility index (Phi) is 4.80. The Hall–Kier alpha value is -0.840. The quantitative estimate of drug-likeness (QED) is 0.881. The van der Waals surface area contributed by atoms with Crippen molar-refractivity contribution in [1.82, 2.24) is 15.1 Å². The maximum absolute atomic E-state index is 5.91. The number of hydrogen-bond donors (Lipinski definition) is 1. The molecular weight excluding hydrogens is 266 g/mol. The van der Waals surface area contributed by atoms with E-state index in [9.17, 15) is 0 Å². The van der Waals surface area contributed by atoms with Gasteiger partial charge in [0.15, 0.2) is 0 Å². The van der Waals surface area contributed by atoms with Gasteiger partial charge in [0.1, 0.15) is 0 Å². The molecule has 3 nitrogen and oxygen atoms in total. The third-order valence-electron chi connectivity index (χ3n) is 2.52. The van der Waals surface area contributed by atoms with Crippen molar-refractivity contribution in [2.24, 2.45) is 5.92 Å². The summed E-state index contributed by atoms with van der Waals surface area (Å²) in [6.07, 6.45) is 4.00. The molecule has 0 spiro atoms. The fourth-order valence-electron chi connectivity index (χ4n) is 1.69. The molecule has 0 saturated carbocycles. The van der Waals surface area contributed by atoms with Gasteiger partial charge in [-0.25, -0.2) is 0 Å². The van der Waals surface area contributed by atoms with Gasteiger partial charge in [0, 0.05) is 23.2 Å². The van der Waals surface area contributed by atoms with Crippen LogP contribution >= 0.6 is 22.9 Å². The summed E-state index contributed by atoms with van der Waals surface area (Å²) in [7, 11) is 0. The molecule has 2 rings (SSSR count). The van der Waals surface area contributed by atoms with Gasteiger partial charge in [-0.3, -0.25) is 4.68 Å². The average Bonchev–Trinajstić information content (AvgIpc) is 2.89. The van der Waals surface area contributed by atoms with E-state index < -0.39 is 0 Å². The first-order valence-electron chi connectivity index (χ1n) is 6.10. The minimum absolute atomic E-state index is 0.674. The number of hydrogen-bond acceptors (Lipinski definition) is 3. The van der Waals surface area contributed by atoms with E-state index >= 15 is 0 Å². The summed E-state index contributed by atoms with van der Waals surface area (Å²) in [5.74, 6) is 0.674. The summed E-state index contributed by atoms with van der Waals surface area (Å²) in [6.45, 7) is 7.12. The summed E-state index contributed by atoms with van der Waals surface area (Å²) in [4.78, 5) is 1.23. The summed E-state index contributed by atoms with van der Waals surface area (Å²) >= 11 is 7.51. The molecule has 0 bridgehead atoms. The molecule has 0 aliphatic carbocycles. The molecule has 0 aliphatic heterocycles. The molecule has 0 saturated heterocycles. The van der Waals surface area contributed by atoms with E-state index in [0.717, 1.165) is 24.0 Å². The van der Waals surface area contributed by atoms with Gasteiger partial charge in [-0.15, -0.1) is 11.3 Å². The zero-order valence-electron chi connectivity index (χ0n) is 10.7. The molecule has 98 valence electrons. The molecule has 0 fully saturated rings. The number of halogens is 1. The minimum Gasteiger partial charge on any atom is -0.312 e. The third-order valence-corrected chi connectivity index (χ3v) is 3.73. The van der Waals surface area contributed by atoms with Crippen LogP contribution in [0.4, 0.5) is 0 Å². The van der Waals surface area contributed by atoms with Crippen LogP contribution in [0, 0.1) is 5.92 Å². The van der Waals surface area contributed by atoms with Crippen molar-refractivity contribution >= 4 is 22.9 Å². The molecule has 0 aliphatic rings. The van der Waals surface area contributed by atoms with Gasteiger partial charge in [0.25, 0.3) is 0 Å². The molecule has 2 heterocycles. The van der Waals surface area contributed by atoms with Crippen LogP contribution in [0.15, 0.2) is 24.5 Å². The number of nitrogens with zero attached hydrogens (tertiary/aromatic N) is 2. The summed E-state index contributed by atoms with van der Waals surface area (Å²) in [5.41, 5.74) is 1.22. The molecule has 2 aromatic rings. The number of nitrogens with one attached hydrogen (secondary N) is 1. The number of rotatable bonds is 6. The van der Waals surface area contributed by atoms with Gasteiger partial charge in [-0.05, 0) is 24.6 Å². The lowest BCUT2D eigenvalue weighted by Crippen LogP contribution is -2.18. The molecule has 1 N–H and O–H groups in total. The monoisotopic (exact) mass is 283 g/mol. The molecule has 2 aromatic heterocycles. The molecule has 0 atom stereocenters. The summed E-state index contributed by atoms with van der Waals surface area (Å²) < 4.78 is 2.78. The normalized spacial score (nSPS) is 11.3. The predicted octanol–water partition coefficient (Wildman–Crippen LogP) is 3.39. The van der Waals surface area contributed by atoms with Crippen LogP contribution in [-0.4, -0.2) is 16.3 Å². The fraction of sp³-hybridized carbons (Fsp3) is 0.462. The van der Waals surface area contributed by atoms with E-state index in [-0.39, 0.29) is 0 Å². The average molecular weight is 284 g/mol. The Morgan fingerprint density at radius 1 is 1.44 bits per heavy atom. The molecule has 5 heteroatoms. The van der Waals surface area contributed by atoms with Crippen molar-refractivity contribution in [1.29, 1.82) is 0 Å². The largest absolute Gasteiger partial charge is 0.312 e. The van der Waals surface area contributed by atoms with Gasteiger partial charge in [0.2, 0.25) is 0 Å². The van der Waals surface area contributed by atoms with E-state index in [4.69, 9.17) is 11.6 Å². The van der Waals surface area contributed by atoms with Crippen LogP contribution in [0.2, 0.25) is 4.34 Å². The van der Waals surface area contributed by atoms with Gasteiger partial charge < -0.3 is 5.32 Å². The second-order valence-corrected chi connectivity index (χ2v) is 6.58. The fourth-order valence-corrected chi connectivity index (χ4v) is 2.77. The van der Waals surface area contributed by atoms with Gasteiger partial charge in [0.05, 0.1) is 17.1 Å². The van der Waals surface area contributed by atoms with Gasteiger partial charge >= 0.3 is 0 Å². The second-order valence-electron chi connectivity index (χ2n) is 4.78. The van der Waals surface area contributed by atoms with Crippen LogP contribution in [0.25, 0.3) is 0 Å². The van der Waals surface area contributed by atoms with E-state index in [1.165, 1.54) is 10.4 Å². The topological polar surface area (TPSA) is 29.9 Å². The maximum atomic E-state index is 5.91. The van der Waals surface area contributed by atoms with Crippen molar-refractivity contribution in [2.75, 3.05) is 6.54 Å². The van der Waals surface area contributed by atoms with Crippen molar-refractivity contribution in [3.63, 3.8) is 0 Å². The number of thiophene rings is 1. The number of aromatic nitrogens is 2. The van der Waals surface area contributed by atoms with Crippen LogP contribution in [0.1, 0.15) is 24.3 Å². The molecule has 0 unspecified atom stereocenters. The predicted molar refractivity (Wildman–Crippen MR) is 77.2 cm³/mol. The van der Waals surface area contributed by atoms with E-state index in [0.29, 0.717) is 5.92 Å².